The van der Waals surface area contributed by atoms with Crippen LogP contribution in [0.3, 0.4) is 0 Å². The van der Waals surface area contributed by atoms with Crippen LogP contribution < -0.4 is 5.32 Å². The minimum atomic E-state index is -0.632. The van der Waals surface area contributed by atoms with E-state index in [1.54, 1.807) is 0 Å². The lowest BCUT2D eigenvalue weighted by molar-refractivity contribution is -0.153. The first-order chi connectivity index (χ1) is 8.27. The lowest BCUT2D eigenvalue weighted by Gasteiger charge is -2.20. The van der Waals surface area contributed by atoms with Crippen LogP contribution >= 0.6 is 12.4 Å². The number of halogens is 1. The van der Waals surface area contributed by atoms with Crippen LogP contribution in [-0.4, -0.2) is 24.8 Å². The van der Waals surface area contributed by atoms with Crippen molar-refractivity contribution < 1.29 is 14.3 Å². The van der Waals surface area contributed by atoms with E-state index < -0.39 is 11.9 Å². The Labute approximate surface area is 112 Å². The molecule has 1 aliphatic heterocycles. The molecule has 1 N–H and O–H groups in total. The van der Waals surface area contributed by atoms with Crippen molar-refractivity contribution >= 4 is 24.2 Å². The standard InChI is InChI=1S/C13H15NO3.ClH/c15-12-6-7-14-8-11(12)13(16)17-9-10-4-2-1-3-5-10;/h1-5,11,14H,6-9H2;1H. The summed E-state index contributed by atoms with van der Waals surface area (Å²) in [5.74, 6) is -1.08. The van der Waals surface area contributed by atoms with E-state index >= 15 is 0 Å². The summed E-state index contributed by atoms with van der Waals surface area (Å²) in [6.45, 7) is 1.28. The zero-order chi connectivity index (χ0) is 12.1. The third-order valence-corrected chi connectivity index (χ3v) is 2.79. The van der Waals surface area contributed by atoms with Crippen LogP contribution in [0.2, 0.25) is 0 Å². The third-order valence-electron chi connectivity index (χ3n) is 2.79. The van der Waals surface area contributed by atoms with Gasteiger partial charge >= 0.3 is 5.97 Å². The highest BCUT2D eigenvalue weighted by atomic mass is 35.5. The number of benzene rings is 1. The smallest absolute Gasteiger partial charge is 0.318 e. The van der Waals surface area contributed by atoms with Crippen LogP contribution in [0.15, 0.2) is 30.3 Å². The first kappa shape index (κ1) is 14.7. The molecule has 98 valence electrons. The molecule has 5 heteroatoms. The summed E-state index contributed by atoms with van der Waals surface area (Å²) in [5.41, 5.74) is 0.928. The number of Topliss-reactive ketones (excluding diaryl/α,β-unsaturated/α-hetero) is 1. The Hall–Kier alpha value is -1.39. The first-order valence-corrected chi connectivity index (χ1v) is 5.71. The zero-order valence-corrected chi connectivity index (χ0v) is 10.7. The molecule has 0 aliphatic carbocycles. The Morgan fingerprint density at radius 3 is 2.72 bits per heavy atom. The summed E-state index contributed by atoms with van der Waals surface area (Å²) in [4.78, 5) is 23.2. The average molecular weight is 270 g/mol. The highest BCUT2D eigenvalue weighted by molar-refractivity contribution is 5.99. The molecule has 1 heterocycles. The monoisotopic (exact) mass is 269 g/mol. The van der Waals surface area contributed by atoms with Crippen LogP contribution in [-0.2, 0) is 20.9 Å². The number of nitrogens with one attached hydrogen (secondary N) is 1. The highest BCUT2D eigenvalue weighted by Gasteiger charge is 2.29. The van der Waals surface area contributed by atoms with Gasteiger partial charge in [0.25, 0.3) is 0 Å². The molecule has 0 saturated carbocycles. The maximum Gasteiger partial charge on any atom is 0.318 e. The quantitative estimate of drug-likeness (QED) is 0.664. The van der Waals surface area contributed by atoms with Gasteiger partial charge in [-0.3, -0.25) is 9.59 Å². The summed E-state index contributed by atoms with van der Waals surface area (Å²) in [5, 5.41) is 3.02. The molecule has 1 aromatic carbocycles. The number of esters is 1. The zero-order valence-electron chi connectivity index (χ0n) is 9.93. The summed E-state index contributed by atoms with van der Waals surface area (Å²) in [6.07, 6.45) is 0.408. The fourth-order valence-corrected chi connectivity index (χ4v) is 1.79. The van der Waals surface area contributed by atoms with Gasteiger partial charge in [0.2, 0.25) is 0 Å². The van der Waals surface area contributed by atoms with Crippen molar-refractivity contribution in [3.05, 3.63) is 35.9 Å². The molecule has 2 rings (SSSR count). The number of hydrogen-bond donors (Lipinski definition) is 1. The second-order valence-electron chi connectivity index (χ2n) is 4.07. The summed E-state index contributed by atoms with van der Waals surface area (Å²) in [6, 6.07) is 9.44. The predicted octanol–water partition coefficient (Wildman–Crippen LogP) is 1.33. The van der Waals surface area contributed by atoms with Crippen LogP contribution in [0.25, 0.3) is 0 Å². The van der Waals surface area contributed by atoms with E-state index in [-0.39, 0.29) is 24.8 Å². The molecule has 1 fully saturated rings. The Morgan fingerprint density at radius 1 is 1.33 bits per heavy atom. The van der Waals surface area contributed by atoms with Crippen LogP contribution in [0.4, 0.5) is 0 Å². The fraction of sp³-hybridized carbons (Fsp3) is 0.385. The van der Waals surface area contributed by atoms with Gasteiger partial charge in [-0.2, -0.15) is 0 Å². The van der Waals surface area contributed by atoms with Crippen molar-refractivity contribution in [2.24, 2.45) is 5.92 Å². The van der Waals surface area contributed by atoms with Gasteiger partial charge in [0.1, 0.15) is 18.3 Å². The maximum absolute atomic E-state index is 11.7. The van der Waals surface area contributed by atoms with E-state index in [9.17, 15) is 9.59 Å². The number of ketones is 1. The molecule has 1 saturated heterocycles. The van der Waals surface area contributed by atoms with E-state index in [4.69, 9.17) is 4.74 Å². The van der Waals surface area contributed by atoms with Gasteiger partial charge in [-0.1, -0.05) is 30.3 Å². The second kappa shape index (κ2) is 7.13. The lowest BCUT2D eigenvalue weighted by Crippen LogP contribution is -2.41. The van der Waals surface area contributed by atoms with Crippen molar-refractivity contribution in [2.75, 3.05) is 13.1 Å². The summed E-state index contributed by atoms with van der Waals surface area (Å²) >= 11 is 0. The normalized spacial score (nSPS) is 18.9. The molecule has 1 atom stereocenters. The number of carbonyl (C=O) groups is 2. The fourth-order valence-electron chi connectivity index (χ4n) is 1.79. The van der Waals surface area contributed by atoms with Crippen molar-refractivity contribution in [2.45, 2.75) is 13.0 Å². The Bertz CT molecular complexity index is 408. The molecular formula is C13H16ClNO3. The number of ether oxygens (including phenoxy) is 1. The SMILES string of the molecule is Cl.O=C1CCNCC1C(=O)OCc1ccccc1. The molecule has 4 nitrogen and oxygen atoms in total. The molecule has 1 unspecified atom stereocenters. The Kier molecular flexibility index (Phi) is 5.82. The van der Waals surface area contributed by atoms with Crippen molar-refractivity contribution in [1.82, 2.24) is 5.32 Å². The van der Waals surface area contributed by atoms with Crippen LogP contribution in [0, 0.1) is 5.92 Å². The van der Waals surface area contributed by atoms with E-state index in [0.29, 0.717) is 19.5 Å². The molecule has 0 bridgehead atoms. The topological polar surface area (TPSA) is 55.4 Å². The molecule has 0 aromatic heterocycles. The Morgan fingerprint density at radius 2 is 2.06 bits per heavy atom. The van der Waals surface area contributed by atoms with E-state index in [1.165, 1.54) is 0 Å². The number of hydrogen-bond acceptors (Lipinski definition) is 4. The number of piperidine rings is 1. The molecule has 18 heavy (non-hydrogen) atoms. The molecular weight excluding hydrogens is 254 g/mol. The first-order valence-electron chi connectivity index (χ1n) is 5.71. The molecule has 0 radical (unpaired) electrons. The predicted molar refractivity (Wildman–Crippen MR) is 69.5 cm³/mol. The molecule has 1 aliphatic rings. The lowest BCUT2D eigenvalue weighted by atomic mass is 9.98. The van der Waals surface area contributed by atoms with Gasteiger partial charge in [-0.25, -0.2) is 0 Å². The van der Waals surface area contributed by atoms with E-state index in [0.717, 1.165) is 5.56 Å². The summed E-state index contributed by atoms with van der Waals surface area (Å²) < 4.78 is 5.14. The van der Waals surface area contributed by atoms with Gasteiger partial charge < -0.3 is 10.1 Å². The average Bonchev–Trinajstić information content (AvgIpc) is 2.38. The van der Waals surface area contributed by atoms with Crippen molar-refractivity contribution in [3.8, 4) is 0 Å². The number of rotatable bonds is 3. The highest BCUT2D eigenvalue weighted by Crippen LogP contribution is 2.10. The van der Waals surface area contributed by atoms with E-state index in [2.05, 4.69) is 5.32 Å². The van der Waals surface area contributed by atoms with Crippen LogP contribution in [0.1, 0.15) is 12.0 Å². The summed E-state index contributed by atoms with van der Waals surface area (Å²) in [7, 11) is 0. The minimum Gasteiger partial charge on any atom is -0.460 e. The maximum atomic E-state index is 11.7. The van der Waals surface area contributed by atoms with Crippen LogP contribution in [0.5, 0.6) is 0 Å². The van der Waals surface area contributed by atoms with Gasteiger partial charge in [0.15, 0.2) is 0 Å². The second-order valence-corrected chi connectivity index (χ2v) is 4.07. The Balaban J connectivity index is 0.00000162. The largest absolute Gasteiger partial charge is 0.460 e. The number of carbonyl (C=O) groups excluding carboxylic acids is 2. The third kappa shape index (κ3) is 3.82. The minimum absolute atomic E-state index is 0. The van der Waals surface area contributed by atoms with E-state index in [1.807, 2.05) is 30.3 Å². The van der Waals surface area contributed by atoms with Gasteiger partial charge in [0, 0.05) is 19.5 Å². The van der Waals surface area contributed by atoms with Crippen molar-refractivity contribution in [3.63, 3.8) is 0 Å². The molecule has 0 spiro atoms. The van der Waals surface area contributed by atoms with Gasteiger partial charge in [0.05, 0.1) is 0 Å². The molecule has 1 aromatic rings. The van der Waals surface area contributed by atoms with Crippen molar-refractivity contribution in [1.29, 1.82) is 0 Å². The van der Waals surface area contributed by atoms with Gasteiger partial charge in [-0.05, 0) is 5.56 Å². The molecule has 0 amide bonds. The van der Waals surface area contributed by atoms with Gasteiger partial charge in [-0.15, -0.1) is 12.4 Å².